The summed E-state index contributed by atoms with van der Waals surface area (Å²) >= 11 is 0. The van der Waals surface area contributed by atoms with Gasteiger partial charge in [0.2, 0.25) is 0 Å². The van der Waals surface area contributed by atoms with Gasteiger partial charge in [-0.2, -0.15) is 0 Å². The Labute approximate surface area is 111 Å². The van der Waals surface area contributed by atoms with Gasteiger partial charge >= 0.3 is 0 Å². The molecule has 1 amide bonds. The fraction of sp³-hybridized carbons (Fsp3) is 0.308. The van der Waals surface area contributed by atoms with Crippen molar-refractivity contribution in [3.05, 3.63) is 37.0 Å². The van der Waals surface area contributed by atoms with E-state index in [4.69, 9.17) is 9.68 Å². The van der Waals surface area contributed by atoms with Crippen LogP contribution in [-0.2, 0) is 24.1 Å². The number of ketones is 2. The lowest BCUT2D eigenvalue weighted by Gasteiger charge is -2.18. The lowest BCUT2D eigenvalue weighted by molar-refractivity contribution is -0.330. The first-order chi connectivity index (χ1) is 8.79. The predicted octanol–water partition coefficient (Wildman–Crippen LogP) is 1.15. The van der Waals surface area contributed by atoms with Crippen LogP contribution in [0.3, 0.4) is 0 Å². The van der Waals surface area contributed by atoms with E-state index in [1.54, 1.807) is 0 Å². The second-order valence-electron chi connectivity index (χ2n) is 3.75. The van der Waals surface area contributed by atoms with Crippen LogP contribution >= 0.6 is 0 Å². The lowest BCUT2D eigenvalue weighted by Crippen LogP contribution is -2.34. The minimum absolute atomic E-state index is 0.281. The van der Waals surface area contributed by atoms with Crippen molar-refractivity contribution in [2.24, 2.45) is 0 Å². The van der Waals surface area contributed by atoms with Crippen molar-refractivity contribution in [2.45, 2.75) is 13.8 Å². The molecule has 0 heterocycles. The lowest BCUT2D eigenvalue weighted by atomic mass is 10.2. The highest BCUT2D eigenvalue weighted by Gasteiger charge is 2.16. The minimum atomic E-state index is -0.732. The maximum Gasteiger partial charge on any atom is 0.296 e. The molecule has 6 nitrogen and oxygen atoms in total. The van der Waals surface area contributed by atoms with Crippen LogP contribution in [0.25, 0.3) is 0 Å². The van der Waals surface area contributed by atoms with Crippen LogP contribution in [0.1, 0.15) is 13.8 Å². The van der Waals surface area contributed by atoms with E-state index in [0.29, 0.717) is 5.23 Å². The summed E-state index contributed by atoms with van der Waals surface area (Å²) in [5.41, 5.74) is 0.563. The number of carbonyl (C=O) groups excluding carboxylic acids is 3. The number of hydrogen-bond donors (Lipinski definition) is 0. The molecule has 0 aromatic heterocycles. The summed E-state index contributed by atoms with van der Waals surface area (Å²) in [6.07, 6.45) is 0.927. The Morgan fingerprint density at radius 1 is 1.00 bits per heavy atom. The smallest absolute Gasteiger partial charge is 0.292 e. The molecule has 104 valence electrons. The summed E-state index contributed by atoms with van der Waals surface area (Å²) in [5, 5.41) is 0.439. The quantitative estimate of drug-likeness (QED) is 0.463. The first-order valence-electron chi connectivity index (χ1n) is 5.39. The highest BCUT2D eigenvalue weighted by Crippen LogP contribution is 2.00. The average molecular weight is 267 g/mol. The Hall–Kier alpha value is -2.05. The molecule has 0 N–H and O–H groups in total. The Bertz CT molecular complexity index is 395. The minimum Gasteiger partial charge on any atom is -0.292 e. The van der Waals surface area contributed by atoms with E-state index in [-0.39, 0.29) is 11.1 Å². The van der Waals surface area contributed by atoms with Crippen molar-refractivity contribution < 1.29 is 24.1 Å². The standard InChI is InChI=1S/C13H17NO5/c1-6-13(17)14(18-7-11(15)9(2)3)19-8-12(16)10(4)5/h6H,1-2,4,7-8H2,3,5H3. The van der Waals surface area contributed by atoms with Crippen LogP contribution in [0.4, 0.5) is 0 Å². The van der Waals surface area contributed by atoms with Crippen LogP contribution in [0.15, 0.2) is 37.0 Å². The monoisotopic (exact) mass is 267 g/mol. The van der Waals surface area contributed by atoms with Gasteiger partial charge in [-0.05, 0) is 25.0 Å². The zero-order valence-corrected chi connectivity index (χ0v) is 11.1. The molecule has 0 atom stereocenters. The highest BCUT2D eigenvalue weighted by atomic mass is 17.0. The first-order valence-corrected chi connectivity index (χ1v) is 5.39. The Morgan fingerprint density at radius 2 is 1.37 bits per heavy atom. The van der Waals surface area contributed by atoms with E-state index in [1.165, 1.54) is 13.8 Å². The summed E-state index contributed by atoms with van der Waals surface area (Å²) < 4.78 is 0. The molecule has 0 aromatic rings. The number of amides is 1. The second kappa shape index (κ2) is 8.12. The van der Waals surface area contributed by atoms with Crippen molar-refractivity contribution >= 4 is 17.5 Å². The van der Waals surface area contributed by atoms with Gasteiger partial charge in [0, 0.05) is 6.08 Å². The fourth-order valence-electron chi connectivity index (χ4n) is 0.720. The number of rotatable bonds is 9. The number of carbonyl (C=O) groups is 3. The van der Waals surface area contributed by atoms with Crippen molar-refractivity contribution in [3.63, 3.8) is 0 Å². The van der Waals surface area contributed by atoms with Crippen molar-refractivity contribution in [3.8, 4) is 0 Å². The maximum absolute atomic E-state index is 11.4. The molecule has 0 saturated heterocycles. The van der Waals surface area contributed by atoms with E-state index >= 15 is 0 Å². The summed E-state index contributed by atoms with van der Waals surface area (Å²) in [4.78, 5) is 43.6. The molecule has 0 bridgehead atoms. The van der Waals surface area contributed by atoms with E-state index < -0.39 is 30.7 Å². The fourth-order valence-corrected chi connectivity index (χ4v) is 0.720. The zero-order valence-electron chi connectivity index (χ0n) is 11.1. The van der Waals surface area contributed by atoms with E-state index in [1.807, 2.05) is 0 Å². The zero-order chi connectivity index (χ0) is 15.0. The van der Waals surface area contributed by atoms with Gasteiger partial charge in [-0.3, -0.25) is 14.4 Å². The Balaban J connectivity index is 4.48. The molecule has 0 saturated carbocycles. The summed E-state index contributed by atoms with van der Waals surface area (Å²) in [5.74, 6) is -1.52. The molecule has 0 rings (SSSR count). The second-order valence-corrected chi connectivity index (χ2v) is 3.75. The van der Waals surface area contributed by atoms with Crippen LogP contribution in [0, 0.1) is 0 Å². The molecule has 0 radical (unpaired) electrons. The number of Topliss-reactive ketones (excluding diaryl/α,β-unsaturated/α-hetero) is 2. The molecule has 0 aliphatic heterocycles. The Kier molecular flexibility index (Phi) is 7.25. The SMILES string of the molecule is C=CC(=O)N(OCC(=O)C(=C)C)OCC(=O)C(=C)C. The van der Waals surface area contributed by atoms with Crippen molar-refractivity contribution in [2.75, 3.05) is 13.2 Å². The van der Waals surface area contributed by atoms with Gasteiger partial charge in [-0.1, -0.05) is 25.0 Å². The predicted molar refractivity (Wildman–Crippen MR) is 68.6 cm³/mol. The maximum atomic E-state index is 11.4. The van der Waals surface area contributed by atoms with Crippen LogP contribution in [0.2, 0.25) is 0 Å². The molecule has 0 spiro atoms. The van der Waals surface area contributed by atoms with Crippen LogP contribution < -0.4 is 0 Å². The van der Waals surface area contributed by atoms with Gasteiger partial charge in [-0.25, -0.2) is 9.68 Å². The third-order valence-electron chi connectivity index (χ3n) is 1.93. The normalized spacial score (nSPS) is 9.58. The number of nitrogens with zero attached hydrogens (tertiary/aromatic N) is 1. The van der Waals surface area contributed by atoms with E-state index in [0.717, 1.165) is 6.08 Å². The summed E-state index contributed by atoms with van der Waals surface area (Å²) in [6, 6.07) is 0. The third-order valence-corrected chi connectivity index (χ3v) is 1.93. The van der Waals surface area contributed by atoms with Gasteiger partial charge in [0.1, 0.15) is 13.2 Å². The third kappa shape index (κ3) is 6.44. The molecular formula is C13H17NO5. The molecule has 0 unspecified atom stereocenters. The van der Waals surface area contributed by atoms with Gasteiger partial charge in [-0.15, -0.1) is 0 Å². The molecule has 0 aromatic carbocycles. The van der Waals surface area contributed by atoms with Gasteiger partial charge < -0.3 is 0 Å². The topological polar surface area (TPSA) is 72.9 Å². The molecular weight excluding hydrogens is 250 g/mol. The molecule has 19 heavy (non-hydrogen) atoms. The van der Waals surface area contributed by atoms with Crippen LogP contribution in [-0.4, -0.2) is 35.9 Å². The molecule has 0 aliphatic rings. The average Bonchev–Trinajstić information content (AvgIpc) is 2.36. The molecule has 0 fully saturated rings. The van der Waals surface area contributed by atoms with Crippen molar-refractivity contribution in [1.29, 1.82) is 0 Å². The number of hydroxylamine groups is 2. The summed E-state index contributed by atoms with van der Waals surface area (Å²) in [6.45, 7) is 12.3. The largest absolute Gasteiger partial charge is 0.296 e. The highest BCUT2D eigenvalue weighted by molar-refractivity contribution is 5.96. The van der Waals surface area contributed by atoms with Crippen LogP contribution in [0.5, 0.6) is 0 Å². The summed E-state index contributed by atoms with van der Waals surface area (Å²) in [7, 11) is 0. The Morgan fingerprint density at radius 3 is 1.63 bits per heavy atom. The van der Waals surface area contributed by atoms with Crippen molar-refractivity contribution in [1.82, 2.24) is 5.23 Å². The first kappa shape index (κ1) is 16.9. The van der Waals surface area contributed by atoms with Gasteiger partial charge in [0.15, 0.2) is 11.6 Å². The van der Waals surface area contributed by atoms with Gasteiger partial charge in [0.05, 0.1) is 0 Å². The van der Waals surface area contributed by atoms with E-state index in [9.17, 15) is 14.4 Å². The van der Waals surface area contributed by atoms with E-state index in [2.05, 4.69) is 19.7 Å². The molecule has 6 heteroatoms. The van der Waals surface area contributed by atoms with Gasteiger partial charge in [0.25, 0.3) is 5.91 Å². The number of hydrogen-bond acceptors (Lipinski definition) is 5. The molecule has 0 aliphatic carbocycles.